The Morgan fingerprint density at radius 3 is 2.72 bits per heavy atom. The molecular formula is C14H20FN3. The Labute approximate surface area is 108 Å². The Balaban J connectivity index is 1.95. The summed E-state index contributed by atoms with van der Waals surface area (Å²) in [6.45, 7) is 4.47. The Hall–Kier alpha value is -1.58. The van der Waals surface area contributed by atoms with Crippen molar-refractivity contribution in [2.75, 3.05) is 13.1 Å². The molecule has 0 aromatic heterocycles. The number of guanidine groups is 1. The van der Waals surface area contributed by atoms with Gasteiger partial charge in [-0.25, -0.2) is 9.38 Å². The van der Waals surface area contributed by atoms with Gasteiger partial charge >= 0.3 is 0 Å². The Kier molecular flexibility index (Phi) is 4.18. The van der Waals surface area contributed by atoms with Crippen molar-refractivity contribution in [2.45, 2.75) is 26.3 Å². The van der Waals surface area contributed by atoms with E-state index in [0.29, 0.717) is 18.1 Å². The summed E-state index contributed by atoms with van der Waals surface area (Å²) in [5.41, 5.74) is 6.53. The number of nitrogens with zero attached hydrogens (tertiary/aromatic N) is 2. The largest absolute Gasteiger partial charge is 0.370 e. The van der Waals surface area contributed by atoms with Crippen LogP contribution >= 0.6 is 0 Å². The molecule has 1 aromatic carbocycles. The van der Waals surface area contributed by atoms with Gasteiger partial charge < -0.3 is 10.6 Å². The molecule has 3 nitrogen and oxygen atoms in total. The molecule has 0 radical (unpaired) electrons. The molecule has 0 aliphatic carbocycles. The zero-order chi connectivity index (χ0) is 13.0. The Morgan fingerprint density at radius 1 is 1.39 bits per heavy atom. The van der Waals surface area contributed by atoms with E-state index >= 15 is 0 Å². The first kappa shape index (κ1) is 12.9. The third kappa shape index (κ3) is 3.22. The van der Waals surface area contributed by atoms with Crippen LogP contribution in [0.2, 0.25) is 0 Å². The summed E-state index contributed by atoms with van der Waals surface area (Å²) >= 11 is 0. The minimum absolute atomic E-state index is 0.221. The third-order valence-corrected chi connectivity index (χ3v) is 3.48. The lowest BCUT2D eigenvalue weighted by Crippen LogP contribution is -2.42. The van der Waals surface area contributed by atoms with Gasteiger partial charge in [0.2, 0.25) is 0 Å². The molecule has 0 bridgehead atoms. The second-order valence-electron chi connectivity index (χ2n) is 4.94. The first-order chi connectivity index (χ1) is 8.66. The van der Waals surface area contributed by atoms with Crippen molar-refractivity contribution in [3.63, 3.8) is 0 Å². The monoisotopic (exact) mass is 249 g/mol. The average molecular weight is 249 g/mol. The molecule has 0 atom stereocenters. The summed E-state index contributed by atoms with van der Waals surface area (Å²) in [6.07, 6.45) is 2.30. The van der Waals surface area contributed by atoms with E-state index in [4.69, 9.17) is 5.73 Å². The summed E-state index contributed by atoms with van der Waals surface area (Å²) in [7, 11) is 0. The number of rotatable bonds is 2. The van der Waals surface area contributed by atoms with Crippen LogP contribution in [0, 0.1) is 11.7 Å². The molecule has 2 N–H and O–H groups in total. The predicted molar refractivity (Wildman–Crippen MR) is 71.7 cm³/mol. The van der Waals surface area contributed by atoms with Crippen LogP contribution in [-0.2, 0) is 6.54 Å². The fraction of sp³-hybridized carbons (Fsp3) is 0.500. The Morgan fingerprint density at radius 2 is 2.06 bits per heavy atom. The number of nitrogens with two attached hydrogens (primary N) is 1. The van der Waals surface area contributed by atoms with Crippen LogP contribution in [0.3, 0.4) is 0 Å². The number of halogens is 1. The highest BCUT2D eigenvalue weighted by atomic mass is 19.1. The second kappa shape index (κ2) is 5.85. The second-order valence-corrected chi connectivity index (χ2v) is 4.94. The standard InChI is InChI=1S/C14H20FN3/c1-11-6-8-18(9-7-11)14(16)17-10-12-4-2-3-5-13(12)15/h2-5,11H,6-10H2,1H3,(H2,16,17). The van der Waals surface area contributed by atoms with Crippen LogP contribution in [0.4, 0.5) is 4.39 Å². The summed E-state index contributed by atoms with van der Waals surface area (Å²) in [4.78, 5) is 6.37. The van der Waals surface area contributed by atoms with E-state index in [9.17, 15) is 4.39 Å². The van der Waals surface area contributed by atoms with Crippen molar-refractivity contribution in [3.8, 4) is 0 Å². The smallest absolute Gasteiger partial charge is 0.191 e. The lowest BCUT2D eigenvalue weighted by atomic mass is 10.00. The van der Waals surface area contributed by atoms with Gasteiger partial charge in [0.1, 0.15) is 5.82 Å². The molecule has 1 heterocycles. The van der Waals surface area contributed by atoms with E-state index in [0.717, 1.165) is 31.8 Å². The molecule has 18 heavy (non-hydrogen) atoms. The highest BCUT2D eigenvalue weighted by Gasteiger charge is 2.16. The topological polar surface area (TPSA) is 41.6 Å². The van der Waals surface area contributed by atoms with E-state index < -0.39 is 0 Å². The van der Waals surface area contributed by atoms with Gasteiger partial charge in [0.25, 0.3) is 0 Å². The molecule has 0 unspecified atom stereocenters. The van der Waals surface area contributed by atoms with Gasteiger partial charge in [-0.05, 0) is 24.8 Å². The molecule has 1 aliphatic rings. The van der Waals surface area contributed by atoms with Crippen molar-refractivity contribution in [1.82, 2.24) is 4.90 Å². The number of hydrogen-bond acceptors (Lipinski definition) is 1. The van der Waals surface area contributed by atoms with Crippen molar-refractivity contribution < 1.29 is 4.39 Å². The van der Waals surface area contributed by atoms with Gasteiger partial charge in [0.15, 0.2) is 5.96 Å². The van der Waals surface area contributed by atoms with Gasteiger partial charge in [-0.1, -0.05) is 25.1 Å². The molecule has 1 fully saturated rings. The number of piperidine rings is 1. The van der Waals surface area contributed by atoms with Gasteiger partial charge in [-0.2, -0.15) is 0 Å². The van der Waals surface area contributed by atoms with Crippen LogP contribution in [0.1, 0.15) is 25.3 Å². The van der Waals surface area contributed by atoms with Gasteiger partial charge in [0, 0.05) is 18.7 Å². The maximum absolute atomic E-state index is 13.4. The molecule has 1 saturated heterocycles. The first-order valence-corrected chi connectivity index (χ1v) is 6.45. The first-order valence-electron chi connectivity index (χ1n) is 6.45. The van der Waals surface area contributed by atoms with E-state index in [1.54, 1.807) is 12.1 Å². The van der Waals surface area contributed by atoms with Crippen LogP contribution in [0.5, 0.6) is 0 Å². The van der Waals surface area contributed by atoms with Gasteiger partial charge in [-0.15, -0.1) is 0 Å². The molecule has 1 aliphatic heterocycles. The zero-order valence-electron chi connectivity index (χ0n) is 10.8. The molecule has 0 amide bonds. The van der Waals surface area contributed by atoms with Gasteiger partial charge in [-0.3, -0.25) is 0 Å². The molecule has 0 spiro atoms. The summed E-state index contributed by atoms with van der Waals surface area (Å²) in [6, 6.07) is 6.68. The number of hydrogen-bond donors (Lipinski definition) is 1. The van der Waals surface area contributed by atoms with E-state index in [1.165, 1.54) is 6.07 Å². The van der Waals surface area contributed by atoms with E-state index in [1.807, 2.05) is 6.07 Å². The summed E-state index contributed by atoms with van der Waals surface area (Å²) in [5, 5.41) is 0. The zero-order valence-corrected chi connectivity index (χ0v) is 10.8. The number of benzene rings is 1. The van der Waals surface area contributed by atoms with Crippen LogP contribution in [0.15, 0.2) is 29.3 Å². The fourth-order valence-electron chi connectivity index (χ4n) is 2.13. The van der Waals surface area contributed by atoms with Crippen LogP contribution < -0.4 is 5.73 Å². The lowest BCUT2D eigenvalue weighted by molar-refractivity contribution is 0.277. The maximum atomic E-state index is 13.4. The predicted octanol–water partition coefficient (Wildman–Crippen LogP) is 2.37. The summed E-state index contributed by atoms with van der Waals surface area (Å²) < 4.78 is 13.4. The van der Waals surface area contributed by atoms with E-state index in [-0.39, 0.29) is 5.82 Å². The highest BCUT2D eigenvalue weighted by Crippen LogP contribution is 2.15. The Bertz CT molecular complexity index is 423. The normalized spacial score (nSPS) is 18.1. The number of aliphatic imine (C=N–C) groups is 1. The van der Waals surface area contributed by atoms with Crippen molar-refractivity contribution >= 4 is 5.96 Å². The van der Waals surface area contributed by atoms with Crippen LogP contribution in [-0.4, -0.2) is 23.9 Å². The van der Waals surface area contributed by atoms with Crippen LogP contribution in [0.25, 0.3) is 0 Å². The maximum Gasteiger partial charge on any atom is 0.191 e. The molecule has 0 saturated carbocycles. The van der Waals surface area contributed by atoms with Crippen molar-refractivity contribution in [2.24, 2.45) is 16.6 Å². The third-order valence-electron chi connectivity index (χ3n) is 3.48. The minimum Gasteiger partial charge on any atom is -0.370 e. The minimum atomic E-state index is -0.221. The fourth-order valence-corrected chi connectivity index (χ4v) is 2.13. The average Bonchev–Trinajstić information content (AvgIpc) is 2.38. The molecule has 1 aromatic rings. The number of likely N-dealkylation sites (tertiary alicyclic amines) is 1. The highest BCUT2D eigenvalue weighted by molar-refractivity contribution is 5.78. The van der Waals surface area contributed by atoms with Crippen molar-refractivity contribution in [1.29, 1.82) is 0 Å². The molecular weight excluding hydrogens is 229 g/mol. The molecule has 98 valence electrons. The quantitative estimate of drug-likeness (QED) is 0.646. The van der Waals surface area contributed by atoms with Gasteiger partial charge in [0.05, 0.1) is 6.54 Å². The van der Waals surface area contributed by atoms with E-state index in [2.05, 4.69) is 16.8 Å². The molecule has 4 heteroatoms. The lowest BCUT2D eigenvalue weighted by Gasteiger charge is -2.31. The molecule has 2 rings (SSSR count). The van der Waals surface area contributed by atoms with Crippen molar-refractivity contribution in [3.05, 3.63) is 35.6 Å². The summed E-state index contributed by atoms with van der Waals surface area (Å²) in [5.74, 6) is 1.08. The SMILES string of the molecule is CC1CCN(C(N)=NCc2ccccc2F)CC1.